The Morgan fingerprint density at radius 1 is 0.177 bits per heavy atom. The van der Waals surface area contributed by atoms with Crippen LogP contribution in [-0.2, 0) is 0 Å². The van der Waals surface area contributed by atoms with Gasteiger partial charge in [0.2, 0.25) is 0 Å². The molecule has 2 nitrogen and oxygen atoms in total. The third kappa shape index (κ3) is 4.80. The maximum atomic E-state index is 6.26. The fourth-order valence-electron chi connectivity index (χ4n) is 10.5. The number of hydrogen-bond acceptors (Lipinski definition) is 2. The first-order valence-electron chi connectivity index (χ1n) is 21.3. The standard InChI is InChI=1S/C60H34O2/c1-2-14-42-41(13-1)45-25-21-35(37-23-27-59-55(31-37)47-17-7-9-19-57(47)61-59)29-49(45)53-33-51-43-15-5-3-11-39(43)40-12-4-6-16-44(40)52(51)34-54(53)50-30-36(22-26-46(42)50)38-24-28-60-56(32-38)48-18-8-10-20-58(48)62-60/h1-34H. The number of fused-ring (bicyclic) bond motifs is 20. The van der Waals surface area contributed by atoms with E-state index in [1.54, 1.807) is 0 Å². The van der Waals surface area contributed by atoms with Crippen molar-refractivity contribution in [2.45, 2.75) is 0 Å². The molecule has 1 aliphatic carbocycles. The lowest BCUT2D eigenvalue weighted by Gasteiger charge is -2.25. The average molecular weight is 787 g/mol. The van der Waals surface area contributed by atoms with Gasteiger partial charge in [0.25, 0.3) is 0 Å². The molecule has 0 saturated carbocycles. The van der Waals surface area contributed by atoms with Crippen molar-refractivity contribution in [3.05, 3.63) is 206 Å². The Hall–Kier alpha value is -8.20. The highest BCUT2D eigenvalue weighted by Gasteiger charge is 2.25. The van der Waals surface area contributed by atoms with E-state index < -0.39 is 0 Å². The summed E-state index contributed by atoms with van der Waals surface area (Å²) in [5, 5.41) is 12.1. The van der Waals surface area contributed by atoms with Crippen molar-refractivity contribution < 1.29 is 8.83 Å². The maximum Gasteiger partial charge on any atom is 0.135 e. The summed E-state index contributed by atoms with van der Waals surface area (Å²) in [6.07, 6.45) is 0. The molecule has 2 heterocycles. The molecule has 0 amide bonds. The quantitative estimate of drug-likeness (QED) is 0.163. The van der Waals surface area contributed by atoms with Gasteiger partial charge < -0.3 is 8.83 Å². The summed E-state index contributed by atoms with van der Waals surface area (Å²) in [7, 11) is 0. The molecule has 286 valence electrons. The highest BCUT2D eigenvalue weighted by molar-refractivity contribution is 6.27. The molecular weight excluding hydrogens is 753 g/mol. The van der Waals surface area contributed by atoms with Crippen LogP contribution in [0.5, 0.6) is 0 Å². The zero-order valence-corrected chi connectivity index (χ0v) is 33.4. The summed E-state index contributed by atoms with van der Waals surface area (Å²) in [6.45, 7) is 0. The third-order valence-corrected chi connectivity index (χ3v) is 13.4. The molecule has 62 heavy (non-hydrogen) atoms. The summed E-state index contributed by atoms with van der Waals surface area (Å²) >= 11 is 0. The van der Waals surface area contributed by atoms with E-state index in [-0.39, 0.29) is 0 Å². The lowest BCUT2D eigenvalue weighted by atomic mass is 9.78. The molecule has 0 aliphatic heterocycles. The SMILES string of the molecule is c1ccc2c(c1)-c1ccc(-c3ccc4oc5ccccc5c4c3)cc1-c1cc3c4ccccc4c4ccccc4c3cc1-c1cc(-c3ccc4oc5ccccc5c4c3)ccc1-2. The number of hydrogen-bond donors (Lipinski definition) is 0. The van der Waals surface area contributed by atoms with Gasteiger partial charge in [-0.1, -0.05) is 146 Å². The van der Waals surface area contributed by atoms with Crippen molar-refractivity contribution in [1.29, 1.82) is 0 Å². The van der Waals surface area contributed by atoms with Crippen molar-refractivity contribution in [2.24, 2.45) is 0 Å². The Morgan fingerprint density at radius 3 is 0.935 bits per heavy atom. The monoisotopic (exact) mass is 786 g/mol. The molecule has 1 aliphatic rings. The predicted octanol–water partition coefficient (Wildman–Crippen LogP) is 17.3. The van der Waals surface area contributed by atoms with E-state index in [4.69, 9.17) is 8.83 Å². The van der Waals surface area contributed by atoms with Crippen LogP contribution in [0, 0.1) is 0 Å². The maximum absolute atomic E-state index is 6.26. The average Bonchev–Trinajstić information content (AvgIpc) is 3.91. The minimum Gasteiger partial charge on any atom is -0.456 e. The van der Waals surface area contributed by atoms with Crippen LogP contribution in [0.15, 0.2) is 215 Å². The van der Waals surface area contributed by atoms with Gasteiger partial charge in [-0.05, 0) is 160 Å². The van der Waals surface area contributed by atoms with E-state index in [1.807, 2.05) is 24.3 Å². The number of rotatable bonds is 2. The fourth-order valence-corrected chi connectivity index (χ4v) is 10.5. The Morgan fingerprint density at radius 2 is 0.484 bits per heavy atom. The minimum atomic E-state index is 0.901. The van der Waals surface area contributed by atoms with E-state index in [9.17, 15) is 0 Å². The summed E-state index contributed by atoms with van der Waals surface area (Å²) in [6, 6.07) is 75.7. The molecule has 0 N–H and O–H groups in total. The van der Waals surface area contributed by atoms with Gasteiger partial charge in [-0.15, -0.1) is 0 Å². The van der Waals surface area contributed by atoms with Gasteiger partial charge in [-0.2, -0.15) is 0 Å². The largest absolute Gasteiger partial charge is 0.456 e. The van der Waals surface area contributed by atoms with Crippen LogP contribution in [0.2, 0.25) is 0 Å². The minimum absolute atomic E-state index is 0.901. The van der Waals surface area contributed by atoms with Crippen LogP contribution in [0.1, 0.15) is 0 Å². The molecule has 0 spiro atoms. The van der Waals surface area contributed by atoms with Gasteiger partial charge in [0.1, 0.15) is 22.3 Å². The van der Waals surface area contributed by atoms with Gasteiger partial charge in [0.05, 0.1) is 0 Å². The molecule has 0 saturated heterocycles. The second-order valence-corrected chi connectivity index (χ2v) is 16.7. The van der Waals surface area contributed by atoms with Crippen molar-refractivity contribution in [2.75, 3.05) is 0 Å². The molecule has 0 radical (unpaired) electrons. The highest BCUT2D eigenvalue weighted by Crippen LogP contribution is 2.52. The third-order valence-electron chi connectivity index (χ3n) is 13.4. The van der Waals surface area contributed by atoms with Crippen LogP contribution in [0.4, 0.5) is 0 Å². The molecule has 0 unspecified atom stereocenters. The predicted molar refractivity (Wildman–Crippen MR) is 260 cm³/mol. The van der Waals surface area contributed by atoms with Crippen molar-refractivity contribution in [3.8, 4) is 66.8 Å². The van der Waals surface area contributed by atoms with Gasteiger partial charge in [0.15, 0.2) is 0 Å². The molecule has 13 aromatic rings. The molecule has 11 aromatic carbocycles. The van der Waals surface area contributed by atoms with Crippen LogP contribution in [-0.4, -0.2) is 0 Å². The molecule has 2 aromatic heterocycles. The number of para-hydroxylation sites is 2. The first-order chi connectivity index (χ1) is 30.7. The van der Waals surface area contributed by atoms with Crippen molar-refractivity contribution >= 4 is 76.2 Å². The van der Waals surface area contributed by atoms with Crippen molar-refractivity contribution in [3.63, 3.8) is 0 Å². The van der Waals surface area contributed by atoms with E-state index in [1.165, 1.54) is 76.8 Å². The molecule has 0 bridgehead atoms. The Kier molecular flexibility index (Phi) is 6.86. The normalized spacial score (nSPS) is 12.2. The second-order valence-electron chi connectivity index (χ2n) is 16.7. The van der Waals surface area contributed by atoms with E-state index in [2.05, 4.69) is 182 Å². The molecular formula is C60H34O2. The lowest BCUT2D eigenvalue weighted by molar-refractivity contribution is 0.668. The zero-order valence-electron chi connectivity index (χ0n) is 33.4. The lowest BCUT2D eigenvalue weighted by Crippen LogP contribution is -1.99. The summed E-state index contributed by atoms with van der Waals surface area (Å²) in [5.41, 5.74) is 18.0. The van der Waals surface area contributed by atoms with E-state index >= 15 is 0 Å². The summed E-state index contributed by atoms with van der Waals surface area (Å²) in [4.78, 5) is 0. The zero-order chi connectivity index (χ0) is 40.5. The first-order valence-corrected chi connectivity index (χ1v) is 21.3. The highest BCUT2D eigenvalue weighted by atomic mass is 16.3. The van der Waals surface area contributed by atoms with Crippen molar-refractivity contribution in [1.82, 2.24) is 0 Å². The van der Waals surface area contributed by atoms with Crippen LogP contribution >= 0.6 is 0 Å². The smallest absolute Gasteiger partial charge is 0.135 e. The topological polar surface area (TPSA) is 26.3 Å². The van der Waals surface area contributed by atoms with E-state index in [0.717, 1.165) is 66.1 Å². The second kappa shape index (κ2) is 12.7. The summed E-state index contributed by atoms with van der Waals surface area (Å²) in [5.74, 6) is 0. The van der Waals surface area contributed by atoms with Crippen LogP contribution in [0.25, 0.3) is 143 Å². The Bertz CT molecular complexity index is 3780. The molecule has 2 heteroatoms. The van der Waals surface area contributed by atoms with Gasteiger partial charge in [0, 0.05) is 21.5 Å². The van der Waals surface area contributed by atoms with Crippen LogP contribution in [0.3, 0.4) is 0 Å². The number of furan rings is 2. The summed E-state index contributed by atoms with van der Waals surface area (Å²) < 4.78 is 12.5. The van der Waals surface area contributed by atoms with Gasteiger partial charge >= 0.3 is 0 Å². The van der Waals surface area contributed by atoms with Gasteiger partial charge in [-0.3, -0.25) is 0 Å². The molecule has 0 atom stereocenters. The van der Waals surface area contributed by atoms with Gasteiger partial charge in [-0.25, -0.2) is 0 Å². The van der Waals surface area contributed by atoms with E-state index in [0.29, 0.717) is 0 Å². The Labute approximate surface area is 356 Å². The Balaban J connectivity index is 1.09. The first kappa shape index (κ1) is 33.6. The van der Waals surface area contributed by atoms with Crippen LogP contribution < -0.4 is 0 Å². The molecule has 0 fully saturated rings. The number of benzene rings is 11. The molecule has 14 rings (SSSR count). The fraction of sp³-hybridized carbons (Fsp3) is 0.